The van der Waals surface area contributed by atoms with E-state index in [2.05, 4.69) is 0 Å². The van der Waals surface area contributed by atoms with Gasteiger partial charge in [0.25, 0.3) is 0 Å². The molecule has 0 N–H and O–H groups in total. The Morgan fingerprint density at radius 3 is 1.43 bits per heavy atom. The molecule has 6 nitrogen and oxygen atoms in total. The second kappa shape index (κ2) is 13.3. The van der Waals surface area contributed by atoms with Crippen molar-refractivity contribution < 1.29 is 46.5 Å². The first-order valence-corrected chi connectivity index (χ1v) is 11.1. The molecule has 0 amide bonds. The summed E-state index contributed by atoms with van der Waals surface area (Å²) >= 11 is 0. The Labute approximate surface area is 140 Å². The average molecular weight is 336 g/mol. The maximum absolute atomic E-state index is 12.4. The molecule has 0 fully saturated rings. The molecule has 21 heavy (non-hydrogen) atoms. The van der Waals surface area contributed by atoms with Crippen molar-refractivity contribution in [3.63, 3.8) is 0 Å². The van der Waals surface area contributed by atoms with Crippen molar-refractivity contribution in [3.05, 3.63) is 0 Å². The molecule has 0 radical (unpaired) electrons. The Kier molecular flexibility index (Phi) is 15.4. The van der Waals surface area contributed by atoms with Gasteiger partial charge in [-0.15, -0.1) is 0 Å². The van der Waals surface area contributed by atoms with Gasteiger partial charge >= 0.3 is 26.1 Å². The van der Waals surface area contributed by atoms with Crippen LogP contribution in [0.5, 0.6) is 0 Å². The minimum atomic E-state index is -4.66. The van der Waals surface area contributed by atoms with Crippen molar-refractivity contribution in [1.82, 2.24) is 0 Å². The van der Waals surface area contributed by atoms with Crippen molar-refractivity contribution in [2.75, 3.05) is 19.8 Å². The third-order valence-electron chi connectivity index (χ3n) is 2.56. The molecule has 0 aliphatic rings. The second-order valence-corrected chi connectivity index (χ2v) is 10.1. The van der Waals surface area contributed by atoms with E-state index in [1.165, 1.54) is 0 Å². The summed E-state index contributed by atoms with van der Waals surface area (Å²) in [5.74, 6) is 0. The molecule has 0 saturated carbocycles. The Balaban J connectivity index is 0. The van der Waals surface area contributed by atoms with E-state index < -0.39 is 14.6 Å². The molecule has 0 aromatic rings. The molecule has 122 valence electrons. The smallest absolute Gasteiger partial charge is 0.770 e. The van der Waals surface area contributed by atoms with Crippen molar-refractivity contribution >= 4 is 14.6 Å². The van der Waals surface area contributed by atoms with Gasteiger partial charge in [0, 0.05) is 0 Å². The van der Waals surface area contributed by atoms with E-state index >= 15 is 0 Å². The molecule has 0 aliphatic carbocycles. The van der Waals surface area contributed by atoms with Gasteiger partial charge in [-0.1, -0.05) is 40.0 Å². The summed E-state index contributed by atoms with van der Waals surface area (Å²) in [5.41, 5.74) is 0. The number of unbranched alkanes of at least 4 members (excludes halogenated alkanes) is 3. The molecular formula is C12H27LiO6P2. The summed E-state index contributed by atoms with van der Waals surface area (Å²) in [6, 6.07) is 0. The molecule has 0 aromatic carbocycles. The Morgan fingerprint density at radius 1 is 0.762 bits per heavy atom. The van der Waals surface area contributed by atoms with Crippen molar-refractivity contribution in [1.29, 1.82) is 0 Å². The summed E-state index contributed by atoms with van der Waals surface area (Å²) in [7, 11) is -8.91. The van der Waals surface area contributed by atoms with Crippen LogP contribution in [0.4, 0.5) is 0 Å². The summed E-state index contributed by atoms with van der Waals surface area (Å²) in [5, 5.41) is 0. The molecular weight excluding hydrogens is 309 g/mol. The van der Waals surface area contributed by atoms with Crippen LogP contribution in [-0.2, 0) is 22.7 Å². The van der Waals surface area contributed by atoms with Crippen LogP contribution in [0.2, 0.25) is 0 Å². The zero-order chi connectivity index (χ0) is 15.5. The Morgan fingerprint density at radius 2 is 1.10 bits per heavy atom. The maximum Gasteiger partial charge on any atom is 1.00 e. The van der Waals surface area contributed by atoms with Crippen LogP contribution in [0, 0.1) is 0 Å². The predicted molar refractivity (Wildman–Crippen MR) is 77.8 cm³/mol. The van der Waals surface area contributed by atoms with Crippen LogP contribution in [0.25, 0.3) is 0 Å². The van der Waals surface area contributed by atoms with E-state index in [1.54, 1.807) is 0 Å². The zero-order valence-corrected chi connectivity index (χ0v) is 15.5. The molecule has 0 aromatic heterocycles. The fourth-order valence-corrected chi connectivity index (χ4v) is 4.81. The van der Waals surface area contributed by atoms with E-state index in [1.807, 2.05) is 20.8 Å². The Bertz CT molecular complexity index is 326. The normalized spacial score (nSPS) is 14.5. The summed E-state index contributed by atoms with van der Waals surface area (Å²) in [6.45, 7) is 5.96. The molecule has 0 spiro atoms. The summed E-state index contributed by atoms with van der Waals surface area (Å²) in [4.78, 5) is 12.0. The molecule has 0 rings (SSSR count). The fourth-order valence-electron chi connectivity index (χ4n) is 1.22. The largest absolute Gasteiger partial charge is 1.00 e. The second-order valence-electron chi connectivity index (χ2n) is 4.50. The van der Waals surface area contributed by atoms with E-state index in [-0.39, 0.29) is 38.7 Å². The standard InChI is InChI=1S/C12H28O6P2.Li/c1-4-7-10-16-19(13,14)20(15,17-11-8-5-2)18-12-9-6-3;/h4-12H2,1-3H3,(H,13,14);/q;+1/p-1. The van der Waals surface area contributed by atoms with Gasteiger partial charge < -0.3 is 18.5 Å². The van der Waals surface area contributed by atoms with Crippen LogP contribution in [0.1, 0.15) is 59.3 Å². The van der Waals surface area contributed by atoms with Gasteiger partial charge in [-0.25, -0.2) is 0 Å². The Hall–Kier alpha value is 0.897. The molecule has 0 saturated heterocycles. The van der Waals surface area contributed by atoms with Crippen molar-refractivity contribution in [2.24, 2.45) is 0 Å². The first kappa shape index (κ1) is 24.2. The molecule has 0 heterocycles. The van der Waals surface area contributed by atoms with Gasteiger partial charge in [-0.05, 0) is 19.3 Å². The van der Waals surface area contributed by atoms with E-state index in [0.717, 1.165) is 19.3 Å². The first-order chi connectivity index (χ1) is 9.43. The minimum Gasteiger partial charge on any atom is -0.770 e. The maximum atomic E-state index is 12.4. The van der Waals surface area contributed by atoms with Gasteiger partial charge in [0.15, 0.2) is 0 Å². The quantitative estimate of drug-likeness (QED) is 0.284. The minimum absolute atomic E-state index is 0. The van der Waals surface area contributed by atoms with Crippen molar-refractivity contribution in [2.45, 2.75) is 59.3 Å². The van der Waals surface area contributed by atoms with Gasteiger partial charge in [0.1, 0.15) is 0 Å². The van der Waals surface area contributed by atoms with Gasteiger partial charge in [-0.2, -0.15) is 0 Å². The van der Waals surface area contributed by atoms with Gasteiger partial charge in [0.2, 0.25) is 7.28 Å². The first-order valence-electron chi connectivity index (χ1n) is 7.28. The third kappa shape index (κ3) is 9.59. The molecule has 9 heteroatoms. The van der Waals surface area contributed by atoms with Crippen LogP contribution in [-0.4, -0.2) is 19.8 Å². The van der Waals surface area contributed by atoms with Crippen molar-refractivity contribution in [3.8, 4) is 0 Å². The van der Waals surface area contributed by atoms with Crippen LogP contribution in [0.15, 0.2) is 0 Å². The number of hydrogen-bond acceptors (Lipinski definition) is 6. The topological polar surface area (TPSA) is 84.9 Å². The van der Waals surface area contributed by atoms with E-state index in [0.29, 0.717) is 19.3 Å². The molecule has 0 bridgehead atoms. The SMILES string of the molecule is CCCCOP(=O)([O-])P(=O)(OCCCC)OCCCC.[Li+]. The van der Waals surface area contributed by atoms with Crippen LogP contribution >= 0.6 is 14.6 Å². The van der Waals surface area contributed by atoms with E-state index in [9.17, 15) is 14.0 Å². The average Bonchev–Trinajstić information content (AvgIpc) is 2.39. The number of rotatable bonds is 13. The van der Waals surface area contributed by atoms with Gasteiger partial charge in [0.05, 0.1) is 19.8 Å². The van der Waals surface area contributed by atoms with Gasteiger partial charge in [-0.3, -0.25) is 9.13 Å². The monoisotopic (exact) mass is 336 g/mol. The van der Waals surface area contributed by atoms with Crippen LogP contribution < -0.4 is 23.8 Å². The van der Waals surface area contributed by atoms with Crippen LogP contribution in [0.3, 0.4) is 0 Å². The fraction of sp³-hybridized carbons (Fsp3) is 1.00. The third-order valence-corrected chi connectivity index (χ3v) is 7.52. The zero-order valence-electron chi connectivity index (χ0n) is 13.7. The molecule has 0 aliphatic heterocycles. The summed E-state index contributed by atoms with van der Waals surface area (Å²) < 4.78 is 39.3. The predicted octanol–water partition coefficient (Wildman–Crippen LogP) is 1.10. The number of hydrogen-bond donors (Lipinski definition) is 0. The van der Waals surface area contributed by atoms with E-state index in [4.69, 9.17) is 13.6 Å². The molecule has 1 atom stereocenters. The summed E-state index contributed by atoms with van der Waals surface area (Å²) in [6.07, 6.45) is 4.24. The molecule has 1 unspecified atom stereocenters.